The number of nitrogens with one attached hydrogen (secondary N) is 2. The molecule has 0 saturated heterocycles. The van der Waals surface area contributed by atoms with E-state index in [-0.39, 0.29) is 23.8 Å². The van der Waals surface area contributed by atoms with Crippen molar-refractivity contribution in [2.45, 2.75) is 30.8 Å². The second kappa shape index (κ2) is 6.30. The molecule has 2 heterocycles. The second-order valence-electron chi connectivity index (χ2n) is 5.64. The van der Waals surface area contributed by atoms with Crippen LogP contribution >= 0.6 is 0 Å². The standard InChI is InChI=1S/C15H16N4O5S/c1-9(20)18-10-2-4-11(5-3-10)25(23,24)19-7-13-12(16-8-17-13)6-14(19)15(21)22/h2-5,8,14H,6-7H2,1H3,(H,16,17)(H,18,20)(H,21,22). The Bertz CT molecular complexity index is 920. The molecule has 25 heavy (non-hydrogen) atoms. The number of amides is 1. The molecule has 3 N–H and O–H groups in total. The zero-order valence-corrected chi connectivity index (χ0v) is 14.1. The van der Waals surface area contributed by atoms with Crippen molar-refractivity contribution in [1.82, 2.24) is 14.3 Å². The third-order valence-electron chi connectivity index (χ3n) is 3.92. The molecule has 0 aliphatic carbocycles. The van der Waals surface area contributed by atoms with Crippen LogP contribution < -0.4 is 5.32 Å². The van der Waals surface area contributed by atoms with Crippen molar-refractivity contribution in [2.24, 2.45) is 0 Å². The molecule has 0 bridgehead atoms. The van der Waals surface area contributed by atoms with E-state index in [1.54, 1.807) is 0 Å². The Balaban J connectivity index is 1.95. The smallest absolute Gasteiger partial charge is 0.322 e. The average Bonchev–Trinajstić information content (AvgIpc) is 3.01. The molecule has 1 aliphatic heterocycles. The number of benzene rings is 1. The van der Waals surface area contributed by atoms with Gasteiger partial charge in [0.1, 0.15) is 6.04 Å². The van der Waals surface area contributed by atoms with E-state index in [0.29, 0.717) is 17.1 Å². The Morgan fingerprint density at radius 1 is 1.32 bits per heavy atom. The number of carbonyl (C=O) groups is 2. The van der Waals surface area contributed by atoms with Crippen LogP contribution in [0.5, 0.6) is 0 Å². The summed E-state index contributed by atoms with van der Waals surface area (Å²) in [5.74, 6) is -1.50. The molecule has 1 atom stereocenters. The Labute approximate surface area is 143 Å². The van der Waals surface area contributed by atoms with Gasteiger partial charge in [0.2, 0.25) is 15.9 Å². The van der Waals surface area contributed by atoms with Crippen LogP contribution in [0.15, 0.2) is 35.5 Å². The number of rotatable bonds is 4. The van der Waals surface area contributed by atoms with E-state index < -0.39 is 22.0 Å². The van der Waals surface area contributed by atoms with Crippen LogP contribution in [0.25, 0.3) is 0 Å². The molecule has 2 aromatic rings. The first-order chi connectivity index (χ1) is 11.8. The van der Waals surface area contributed by atoms with Gasteiger partial charge in [-0.3, -0.25) is 9.59 Å². The average molecular weight is 364 g/mol. The highest BCUT2D eigenvalue weighted by atomic mass is 32.2. The molecule has 0 radical (unpaired) electrons. The Hall–Kier alpha value is -2.72. The predicted octanol–water partition coefficient (Wildman–Crippen LogP) is 0.568. The summed E-state index contributed by atoms with van der Waals surface area (Å²) in [4.78, 5) is 29.4. The van der Waals surface area contributed by atoms with Crippen molar-refractivity contribution in [3.05, 3.63) is 42.0 Å². The number of carboxylic acids is 1. The number of aromatic nitrogens is 2. The number of carboxylic acid groups (broad SMARTS) is 1. The minimum Gasteiger partial charge on any atom is -0.480 e. The monoisotopic (exact) mass is 364 g/mol. The van der Waals surface area contributed by atoms with Gasteiger partial charge >= 0.3 is 5.97 Å². The third-order valence-corrected chi connectivity index (χ3v) is 5.79. The maximum atomic E-state index is 12.9. The van der Waals surface area contributed by atoms with E-state index in [0.717, 1.165) is 4.31 Å². The number of nitrogens with zero attached hydrogens (tertiary/aromatic N) is 2. The Morgan fingerprint density at radius 2 is 2.00 bits per heavy atom. The number of aliphatic carboxylic acids is 1. The lowest BCUT2D eigenvalue weighted by atomic mass is 10.1. The number of carbonyl (C=O) groups excluding carboxylic acids is 1. The molecular formula is C15H16N4O5S. The molecule has 3 rings (SSSR count). The van der Waals surface area contributed by atoms with Crippen LogP contribution in [0.1, 0.15) is 18.3 Å². The van der Waals surface area contributed by atoms with E-state index in [2.05, 4.69) is 15.3 Å². The Kier molecular flexibility index (Phi) is 4.31. The van der Waals surface area contributed by atoms with Gasteiger partial charge in [0.25, 0.3) is 0 Å². The summed E-state index contributed by atoms with van der Waals surface area (Å²) in [7, 11) is -4.03. The first-order valence-electron chi connectivity index (χ1n) is 7.42. The van der Waals surface area contributed by atoms with E-state index in [1.165, 1.54) is 37.5 Å². The highest BCUT2D eigenvalue weighted by Gasteiger charge is 2.40. The van der Waals surface area contributed by atoms with Crippen molar-refractivity contribution in [1.29, 1.82) is 0 Å². The van der Waals surface area contributed by atoms with Crippen LogP contribution in [0.2, 0.25) is 0 Å². The van der Waals surface area contributed by atoms with Crippen LogP contribution in [-0.2, 0) is 32.6 Å². The molecule has 132 valence electrons. The zero-order chi connectivity index (χ0) is 18.2. The fourth-order valence-corrected chi connectivity index (χ4v) is 4.27. The van der Waals surface area contributed by atoms with Gasteiger partial charge in [-0.25, -0.2) is 13.4 Å². The summed E-state index contributed by atoms with van der Waals surface area (Å²) in [6.45, 7) is 1.25. The molecular weight excluding hydrogens is 348 g/mol. The highest BCUT2D eigenvalue weighted by Crippen LogP contribution is 2.28. The van der Waals surface area contributed by atoms with E-state index >= 15 is 0 Å². The van der Waals surface area contributed by atoms with Crippen LogP contribution in [-0.4, -0.2) is 45.7 Å². The van der Waals surface area contributed by atoms with Crippen LogP contribution in [0, 0.1) is 0 Å². The molecule has 1 amide bonds. The minimum absolute atomic E-state index is 0.00261. The molecule has 0 spiro atoms. The van der Waals surface area contributed by atoms with E-state index in [4.69, 9.17) is 0 Å². The van der Waals surface area contributed by atoms with Gasteiger partial charge in [-0.2, -0.15) is 4.31 Å². The molecule has 0 fully saturated rings. The molecule has 0 saturated carbocycles. The fourth-order valence-electron chi connectivity index (χ4n) is 2.73. The molecule has 1 aromatic heterocycles. The number of H-pyrrole nitrogens is 1. The summed E-state index contributed by atoms with van der Waals surface area (Å²) in [5, 5.41) is 12.0. The summed E-state index contributed by atoms with van der Waals surface area (Å²) in [5.41, 5.74) is 1.59. The fraction of sp³-hybridized carbons (Fsp3) is 0.267. The normalized spacial score (nSPS) is 17.7. The number of anilines is 1. The lowest BCUT2D eigenvalue weighted by molar-refractivity contribution is -0.141. The summed E-state index contributed by atoms with van der Waals surface area (Å²) >= 11 is 0. The third kappa shape index (κ3) is 3.26. The van der Waals surface area contributed by atoms with E-state index in [9.17, 15) is 23.1 Å². The number of fused-ring (bicyclic) bond motifs is 1. The largest absolute Gasteiger partial charge is 0.480 e. The molecule has 1 aliphatic rings. The number of aromatic amines is 1. The van der Waals surface area contributed by atoms with E-state index in [1.807, 2.05) is 0 Å². The number of imidazole rings is 1. The topological polar surface area (TPSA) is 132 Å². The van der Waals surface area contributed by atoms with Gasteiger partial charge in [-0.05, 0) is 24.3 Å². The van der Waals surface area contributed by atoms with Crippen molar-refractivity contribution in [3.8, 4) is 0 Å². The molecule has 1 unspecified atom stereocenters. The summed E-state index contributed by atoms with van der Waals surface area (Å²) in [6, 6.07) is 4.35. The first-order valence-corrected chi connectivity index (χ1v) is 8.86. The second-order valence-corrected chi connectivity index (χ2v) is 7.53. The Morgan fingerprint density at radius 3 is 2.60 bits per heavy atom. The SMILES string of the molecule is CC(=O)Nc1ccc(S(=O)(=O)N2Cc3[nH]cnc3CC2C(=O)O)cc1. The summed E-state index contributed by atoms with van der Waals surface area (Å²) < 4.78 is 26.8. The quantitative estimate of drug-likeness (QED) is 0.726. The summed E-state index contributed by atoms with van der Waals surface area (Å²) in [6.07, 6.45) is 1.42. The van der Waals surface area contributed by atoms with Gasteiger partial charge in [-0.1, -0.05) is 0 Å². The van der Waals surface area contributed by atoms with Gasteiger partial charge in [0.15, 0.2) is 0 Å². The van der Waals surface area contributed by atoms with Crippen molar-refractivity contribution in [2.75, 3.05) is 5.32 Å². The lowest BCUT2D eigenvalue weighted by Crippen LogP contribution is -2.48. The molecule has 1 aromatic carbocycles. The minimum atomic E-state index is -4.03. The van der Waals surface area contributed by atoms with Crippen molar-refractivity contribution >= 4 is 27.6 Å². The van der Waals surface area contributed by atoms with Crippen LogP contribution in [0.3, 0.4) is 0 Å². The number of hydrogen-bond acceptors (Lipinski definition) is 5. The zero-order valence-electron chi connectivity index (χ0n) is 13.3. The molecule has 9 nitrogen and oxygen atoms in total. The molecule has 10 heteroatoms. The van der Waals surface area contributed by atoms with Gasteiger partial charge in [-0.15, -0.1) is 0 Å². The number of hydrogen-bond donors (Lipinski definition) is 3. The van der Waals surface area contributed by atoms with Crippen molar-refractivity contribution < 1.29 is 23.1 Å². The van der Waals surface area contributed by atoms with Gasteiger partial charge in [0, 0.05) is 19.0 Å². The predicted molar refractivity (Wildman–Crippen MR) is 87.2 cm³/mol. The van der Waals surface area contributed by atoms with Crippen LogP contribution in [0.4, 0.5) is 5.69 Å². The number of sulfonamides is 1. The maximum absolute atomic E-state index is 12.9. The van der Waals surface area contributed by atoms with Gasteiger partial charge in [0.05, 0.1) is 29.2 Å². The highest BCUT2D eigenvalue weighted by molar-refractivity contribution is 7.89. The van der Waals surface area contributed by atoms with Gasteiger partial charge < -0.3 is 15.4 Å². The first kappa shape index (κ1) is 17.1. The maximum Gasteiger partial charge on any atom is 0.322 e. The lowest BCUT2D eigenvalue weighted by Gasteiger charge is -2.31. The van der Waals surface area contributed by atoms with Crippen molar-refractivity contribution in [3.63, 3.8) is 0 Å².